The van der Waals surface area contributed by atoms with E-state index in [-0.39, 0.29) is 12.0 Å². The summed E-state index contributed by atoms with van der Waals surface area (Å²) in [4.78, 5) is 16.2. The van der Waals surface area contributed by atoms with Crippen LogP contribution in [-0.4, -0.2) is 16.3 Å². The Morgan fingerprint density at radius 1 is 1.33 bits per heavy atom. The summed E-state index contributed by atoms with van der Waals surface area (Å²) in [5.74, 6) is -0.222. The molecular formula is C12H10FIN2O2. The molecule has 0 spiro atoms. The second kappa shape index (κ2) is 7.03. The van der Waals surface area contributed by atoms with Gasteiger partial charge < -0.3 is 0 Å². The highest BCUT2D eigenvalue weighted by molar-refractivity contribution is 14.1. The van der Waals surface area contributed by atoms with E-state index < -0.39 is 0 Å². The number of carbonyl (C=O) groups excluding carboxylic acids is 2. The zero-order chi connectivity index (χ0) is 13.5. The number of H-pyrrole nitrogens is 1. The van der Waals surface area contributed by atoms with E-state index in [1.807, 2.05) is 0 Å². The van der Waals surface area contributed by atoms with E-state index in [0.717, 1.165) is 26.9 Å². The van der Waals surface area contributed by atoms with Crippen LogP contribution in [0.3, 0.4) is 0 Å². The van der Waals surface area contributed by atoms with Gasteiger partial charge in [0.15, 0.2) is 0 Å². The van der Waals surface area contributed by atoms with Crippen LogP contribution in [0.15, 0.2) is 24.3 Å². The first-order chi connectivity index (χ1) is 8.63. The summed E-state index contributed by atoms with van der Waals surface area (Å²) in [5, 5.41) is 7.22. The van der Waals surface area contributed by atoms with Crippen molar-refractivity contribution in [2.24, 2.45) is 0 Å². The summed E-state index contributed by atoms with van der Waals surface area (Å²) in [7, 11) is 0. The van der Waals surface area contributed by atoms with Crippen molar-refractivity contribution < 1.29 is 14.0 Å². The van der Waals surface area contributed by atoms with E-state index >= 15 is 0 Å². The van der Waals surface area contributed by atoms with Crippen LogP contribution >= 0.6 is 22.6 Å². The molecule has 6 heteroatoms. The Morgan fingerprint density at radius 3 is 2.33 bits per heavy atom. The zero-order valence-electron chi connectivity index (χ0n) is 9.54. The van der Waals surface area contributed by atoms with E-state index in [9.17, 15) is 4.39 Å². The first-order valence-electron chi connectivity index (χ1n) is 5.12. The molecule has 0 amide bonds. The topological polar surface area (TPSA) is 62.8 Å². The largest absolute Gasteiger partial charge is 0.373 e. The van der Waals surface area contributed by atoms with Crippen molar-refractivity contribution in [1.82, 2.24) is 10.2 Å². The van der Waals surface area contributed by atoms with Crippen LogP contribution in [0.2, 0.25) is 0 Å². The molecule has 0 unspecified atom stereocenters. The number of nitrogens with zero attached hydrogens (tertiary/aromatic N) is 1. The van der Waals surface area contributed by atoms with Gasteiger partial charge in [0, 0.05) is 11.3 Å². The molecule has 0 aliphatic heterocycles. The lowest BCUT2D eigenvalue weighted by atomic mass is 10.1. The van der Waals surface area contributed by atoms with Crippen LogP contribution in [0, 0.1) is 9.39 Å². The fraction of sp³-hybridized carbons (Fsp3) is 0.167. The first-order valence-corrected chi connectivity index (χ1v) is 6.19. The molecule has 94 valence electrons. The summed E-state index contributed by atoms with van der Waals surface area (Å²) >= 11 is 2.26. The minimum Gasteiger partial charge on any atom is -0.281 e. The maximum atomic E-state index is 12.7. The van der Waals surface area contributed by atoms with Gasteiger partial charge in [0.25, 0.3) is 0 Å². The van der Waals surface area contributed by atoms with Crippen LogP contribution in [0.5, 0.6) is 0 Å². The molecule has 0 aliphatic carbocycles. The van der Waals surface area contributed by atoms with Gasteiger partial charge in [0.05, 0.1) is 3.57 Å². The number of benzene rings is 1. The minimum atomic E-state index is -0.222. The fourth-order valence-corrected chi connectivity index (χ4v) is 2.33. The molecule has 0 fully saturated rings. The highest BCUT2D eigenvalue weighted by Crippen LogP contribution is 2.25. The number of aromatic nitrogens is 2. The maximum absolute atomic E-state index is 12.7. The Labute approximate surface area is 117 Å². The highest BCUT2D eigenvalue weighted by atomic mass is 127. The minimum absolute atomic E-state index is 0.222. The van der Waals surface area contributed by atoms with Crippen LogP contribution in [0.25, 0.3) is 11.3 Å². The van der Waals surface area contributed by atoms with Crippen molar-refractivity contribution in [2.75, 3.05) is 0 Å². The van der Waals surface area contributed by atoms with Crippen molar-refractivity contribution in [3.8, 4) is 11.3 Å². The summed E-state index contributed by atoms with van der Waals surface area (Å²) in [6.07, 6.45) is 1.17. The van der Waals surface area contributed by atoms with Gasteiger partial charge in [0.1, 0.15) is 11.5 Å². The second-order valence-corrected chi connectivity index (χ2v) is 4.39. The van der Waals surface area contributed by atoms with Crippen molar-refractivity contribution in [3.63, 3.8) is 0 Å². The SMILES string of the molecule is CCc1[nH]nc(-c2ccc(F)cc2)c1I.O=C=O. The van der Waals surface area contributed by atoms with E-state index in [1.165, 1.54) is 12.1 Å². The first kappa shape index (κ1) is 14.5. The zero-order valence-corrected chi connectivity index (χ0v) is 11.7. The van der Waals surface area contributed by atoms with Crippen LogP contribution in [-0.2, 0) is 16.0 Å². The summed E-state index contributed by atoms with van der Waals surface area (Å²) in [6.45, 7) is 2.07. The van der Waals surface area contributed by atoms with E-state index in [4.69, 9.17) is 9.59 Å². The molecule has 4 nitrogen and oxygen atoms in total. The van der Waals surface area contributed by atoms with Crippen molar-refractivity contribution in [2.45, 2.75) is 13.3 Å². The number of hydrogen-bond donors (Lipinski definition) is 1. The number of aromatic amines is 1. The molecule has 1 aromatic carbocycles. The quantitative estimate of drug-likeness (QED) is 0.838. The molecule has 0 saturated heterocycles. The Balaban J connectivity index is 0.000000492. The van der Waals surface area contributed by atoms with Gasteiger partial charge in [-0.3, -0.25) is 5.10 Å². The standard InChI is InChI=1S/C11H10FIN2.CO2/c1-2-9-10(13)11(15-14-9)7-3-5-8(12)6-4-7;2-1-3/h3-6H,2H2,1H3,(H,14,15);. The van der Waals surface area contributed by atoms with Gasteiger partial charge in [-0.25, -0.2) is 4.39 Å². The summed E-state index contributed by atoms with van der Waals surface area (Å²) in [5.41, 5.74) is 2.96. The Hall–Kier alpha value is -1.53. The molecule has 1 heterocycles. The molecule has 2 rings (SSSR count). The molecule has 0 bridgehead atoms. The second-order valence-electron chi connectivity index (χ2n) is 3.31. The monoisotopic (exact) mass is 360 g/mol. The van der Waals surface area contributed by atoms with Gasteiger partial charge in [-0.15, -0.1) is 0 Å². The maximum Gasteiger partial charge on any atom is 0.373 e. The lowest BCUT2D eigenvalue weighted by Crippen LogP contribution is -1.83. The molecule has 1 aromatic heterocycles. The Bertz CT molecular complexity index is 546. The number of hydrogen-bond acceptors (Lipinski definition) is 3. The summed E-state index contributed by atoms with van der Waals surface area (Å²) in [6, 6.07) is 6.39. The highest BCUT2D eigenvalue weighted by Gasteiger charge is 2.10. The number of rotatable bonds is 2. The molecule has 0 aliphatic rings. The van der Waals surface area contributed by atoms with Crippen LogP contribution in [0.1, 0.15) is 12.6 Å². The predicted molar refractivity (Wildman–Crippen MR) is 71.1 cm³/mol. The fourth-order valence-electron chi connectivity index (χ4n) is 1.40. The van der Waals surface area contributed by atoms with Gasteiger partial charge in [-0.1, -0.05) is 6.92 Å². The molecule has 0 saturated carbocycles. The normalized spacial score (nSPS) is 9.28. The number of nitrogens with one attached hydrogen (secondary N) is 1. The molecule has 18 heavy (non-hydrogen) atoms. The average Bonchev–Trinajstić information content (AvgIpc) is 2.73. The van der Waals surface area contributed by atoms with Crippen molar-refractivity contribution >= 4 is 28.7 Å². The molecule has 2 aromatic rings. The summed E-state index contributed by atoms with van der Waals surface area (Å²) < 4.78 is 13.9. The lowest BCUT2D eigenvalue weighted by Gasteiger charge is -1.97. The van der Waals surface area contributed by atoms with Gasteiger partial charge in [-0.2, -0.15) is 14.7 Å². The average molecular weight is 360 g/mol. The lowest BCUT2D eigenvalue weighted by molar-refractivity contribution is -0.191. The smallest absolute Gasteiger partial charge is 0.281 e. The molecule has 1 N–H and O–H groups in total. The van der Waals surface area contributed by atoms with Crippen molar-refractivity contribution in [3.05, 3.63) is 39.3 Å². The van der Waals surface area contributed by atoms with Gasteiger partial charge in [0.2, 0.25) is 0 Å². The van der Waals surface area contributed by atoms with E-state index in [1.54, 1.807) is 12.1 Å². The van der Waals surface area contributed by atoms with Crippen LogP contribution < -0.4 is 0 Å². The van der Waals surface area contributed by atoms with Gasteiger partial charge >= 0.3 is 6.15 Å². The third kappa shape index (κ3) is 3.48. The molecular weight excluding hydrogens is 350 g/mol. The Morgan fingerprint density at radius 2 is 1.89 bits per heavy atom. The molecule has 0 radical (unpaired) electrons. The third-order valence-electron chi connectivity index (χ3n) is 2.25. The molecule has 0 atom stereocenters. The van der Waals surface area contributed by atoms with E-state index in [0.29, 0.717) is 0 Å². The third-order valence-corrected chi connectivity index (χ3v) is 3.41. The van der Waals surface area contributed by atoms with E-state index in [2.05, 4.69) is 39.7 Å². The Kier molecular flexibility index (Phi) is 5.67. The van der Waals surface area contributed by atoms with Crippen LogP contribution in [0.4, 0.5) is 4.39 Å². The van der Waals surface area contributed by atoms with Gasteiger partial charge in [-0.05, 0) is 53.3 Å². The number of halogens is 2. The number of aryl methyl sites for hydroxylation is 1. The predicted octanol–water partition coefficient (Wildman–Crippen LogP) is 2.80. The van der Waals surface area contributed by atoms with Crippen molar-refractivity contribution in [1.29, 1.82) is 0 Å².